The van der Waals surface area contributed by atoms with Crippen molar-refractivity contribution in [2.75, 3.05) is 19.6 Å². The third-order valence-corrected chi connectivity index (χ3v) is 4.71. The Morgan fingerprint density at radius 3 is 2.62 bits per heavy atom. The minimum absolute atomic E-state index is 0.464. The normalized spacial score (nSPS) is 26.2. The summed E-state index contributed by atoms with van der Waals surface area (Å²) in [7, 11) is 0. The first kappa shape index (κ1) is 16.0. The van der Waals surface area contributed by atoms with Crippen LogP contribution in [0.3, 0.4) is 0 Å². The zero-order chi connectivity index (χ0) is 15.5. The van der Waals surface area contributed by atoms with E-state index in [9.17, 15) is 15.0 Å². The number of β-amino-alcohol motifs (C(OH)–C–C–N with tert-alkyl or cyclic N) is 1. The van der Waals surface area contributed by atoms with E-state index in [-0.39, 0.29) is 0 Å². The number of aliphatic carboxylic acids is 1. The van der Waals surface area contributed by atoms with Gasteiger partial charge in [0.05, 0.1) is 11.0 Å². The number of likely N-dealkylation sites (tertiary alicyclic amines) is 1. The van der Waals surface area contributed by atoms with Crippen LogP contribution in [0.5, 0.6) is 0 Å². The van der Waals surface area contributed by atoms with Crippen LogP contribution in [0.25, 0.3) is 0 Å². The fourth-order valence-electron chi connectivity index (χ4n) is 3.30. The van der Waals surface area contributed by atoms with Gasteiger partial charge in [0, 0.05) is 13.1 Å². The minimum atomic E-state index is -0.962. The summed E-state index contributed by atoms with van der Waals surface area (Å²) in [6, 6.07) is 9.57. The maximum absolute atomic E-state index is 11.6. The molecule has 1 aliphatic heterocycles. The molecule has 21 heavy (non-hydrogen) atoms. The van der Waals surface area contributed by atoms with Crippen LogP contribution in [-0.2, 0) is 10.4 Å². The van der Waals surface area contributed by atoms with Crippen molar-refractivity contribution >= 4 is 5.97 Å². The SMILES string of the molecule is CCC1(C(=O)O)CCCN(CC(C)(O)c2ccccc2)C1. The van der Waals surface area contributed by atoms with Crippen molar-refractivity contribution in [1.82, 2.24) is 4.90 Å². The van der Waals surface area contributed by atoms with Crippen LogP contribution < -0.4 is 0 Å². The van der Waals surface area contributed by atoms with E-state index in [4.69, 9.17) is 0 Å². The van der Waals surface area contributed by atoms with Crippen molar-refractivity contribution in [2.24, 2.45) is 5.41 Å². The molecule has 1 heterocycles. The molecule has 1 fully saturated rings. The van der Waals surface area contributed by atoms with Gasteiger partial charge in [-0.2, -0.15) is 0 Å². The van der Waals surface area contributed by atoms with E-state index < -0.39 is 17.0 Å². The highest BCUT2D eigenvalue weighted by Gasteiger charge is 2.42. The van der Waals surface area contributed by atoms with Crippen molar-refractivity contribution < 1.29 is 15.0 Å². The number of aliphatic hydroxyl groups is 1. The molecule has 0 bridgehead atoms. The minimum Gasteiger partial charge on any atom is -0.481 e. The summed E-state index contributed by atoms with van der Waals surface area (Å²) in [6.07, 6.45) is 2.22. The molecular weight excluding hydrogens is 266 g/mol. The largest absolute Gasteiger partial charge is 0.481 e. The zero-order valence-corrected chi connectivity index (χ0v) is 12.9. The van der Waals surface area contributed by atoms with E-state index in [1.54, 1.807) is 6.92 Å². The van der Waals surface area contributed by atoms with E-state index in [2.05, 4.69) is 4.90 Å². The third-order valence-electron chi connectivity index (χ3n) is 4.71. The van der Waals surface area contributed by atoms with Crippen molar-refractivity contribution in [1.29, 1.82) is 0 Å². The Labute approximate surface area is 126 Å². The van der Waals surface area contributed by atoms with Gasteiger partial charge in [0.2, 0.25) is 0 Å². The molecule has 0 spiro atoms. The van der Waals surface area contributed by atoms with E-state index in [0.717, 1.165) is 24.9 Å². The molecule has 2 rings (SSSR count). The molecule has 2 atom stereocenters. The van der Waals surface area contributed by atoms with Gasteiger partial charge in [-0.05, 0) is 38.3 Å². The number of carbonyl (C=O) groups is 1. The van der Waals surface area contributed by atoms with Gasteiger partial charge in [0.15, 0.2) is 0 Å². The standard InChI is InChI=1S/C17H25NO3/c1-3-17(15(19)20)10-7-11-18(13-17)12-16(2,21)14-8-5-4-6-9-14/h4-6,8-9,21H,3,7,10-13H2,1-2H3,(H,19,20). The van der Waals surface area contributed by atoms with Crippen molar-refractivity contribution in [3.8, 4) is 0 Å². The summed E-state index contributed by atoms with van der Waals surface area (Å²) in [5.41, 5.74) is -0.755. The summed E-state index contributed by atoms with van der Waals surface area (Å²) >= 11 is 0. The van der Waals surface area contributed by atoms with Crippen LogP contribution in [0.4, 0.5) is 0 Å². The number of nitrogens with zero attached hydrogens (tertiary/aromatic N) is 1. The molecule has 1 aromatic carbocycles. The second kappa shape index (κ2) is 6.16. The van der Waals surface area contributed by atoms with Gasteiger partial charge in [-0.3, -0.25) is 9.69 Å². The third kappa shape index (κ3) is 3.44. The average Bonchev–Trinajstić information content (AvgIpc) is 2.47. The molecule has 2 N–H and O–H groups in total. The van der Waals surface area contributed by atoms with Crippen molar-refractivity contribution in [3.05, 3.63) is 35.9 Å². The molecule has 0 aromatic heterocycles. The van der Waals surface area contributed by atoms with Crippen LogP contribution in [0.15, 0.2) is 30.3 Å². The maximum Gasteiger partial charge on any atom is 0.310 e. The first-order chi connectivity index (χ1) is 9.89. The Bertz CT molecular complexity index is 486. The molecule has 4 nitrogen and oxygen atoms in total. The molecular formula is C17H25NO3. The zero-order valence-electron chi connectivity index (χ0n) is 12.9. The van der Waals surface area contributed by atoms with E-state index in [0.29, 0.717) is 19.5 Å². The number of rotatable bonds is 5. The van der Waals surface area contributed by atoms with Crippen LogP contribution in [-0.4, -0.2) is 40.7 Å². The average molecular weight is 291 g/mol. The summed E-state index contributed by atoms with van der Waals surface area (Å²) in [6.45, 7) is 5.56. The predicted octanol–water partition coefficient (Wildman–Crippen LogP) is 2.47. The van der Waals surface area contributed by atoms with E-state index >= 15 is 0 Å². The quantitative estimate of drug-likeness (QED) is 0.875. The molecule has 0 aliphatic carbocycles. The molecule has 0 amide bonds. The summed E-state index contributed by atoms with van der Waals surface area (Å²) in [4.78, 5) is 13.7. The van der Waals surface area contributed by atoms with E-state index in [1.807, 2.05) is 37.3 Å². The summed E-state index contributed by atoms with van der Waals surface area (Å²) in [5, 5.41) is 20.3. The van der Waals surface area contributed by atoms with Gasteiger partial charge in [-0.1, -0.05) is 37.3 Å². The fourth-order valence-corrected chi connectivity index (χ4v) is 3.30. The molecule has 1 saturated heterocycles. The second-order valence-electron chi connectivity index (χ2n) is 6.39. The van der Waals surface area contributed by atoms with Gasteiger partial charge in [-0.25, -0.2) is 0 Å². The van der Waals surface area contributed by atoms with Crippen LogP contribution in [0, 0.1) is 5.41 Å². The van der Waals surface area contributed by atoms with Gasteiger partial charge in [0.25, 0.3) is 0 Å². The van der Waals surface area contributed by atoms with Crippen molar-refractivity contribution in [3.63, 3.8) is 0 Å². The van der Waals surface area contributed by atoms with Crippen LogP contribution >= 0.6 is 0 Å². The van der Waals surface area contributed by atoms with Crippen LogP contribution in [0.1, 0.15) is 38.7 Å². The van der Waals surface area contributed by atoms with Gasteiger partial charge in [-0.15, -0.1) is 0 Å². The Balaban J connectivity index is 2.11. The highest BCUT2D eigenvalue weighted by molar-refractivity contribution is 5.75. The number of carboxylic acids is 1. The summed E-state index contributed by atoms with van der Waals surface area (Å²) in [5.74, 6) is -0.714. The first-order valence-corrected chi connectivity index (χ1v) is 7.63. The van der Waals surface area contributed by atoms with Crippen molar-refractivity contribution in [2.45, 2.75) is 38.7 Å². The Kier molecular flexibility index (Phi) is 4.69. The monoisotopic (exact) mass is 291 g/mol. The fraction of sp³-hybridized carbons (Fsp3) is 0.588. The smallest absolute Gasteiger partial charge is 0.310 e. The second-order valence-corrected chi connectivity index (χ2v) is 6.39. The van der Waals surface area contributed by atoms with Gasteiger partial charge in [0.1, 0.15) is 0 Å². The number of benzene rings is 1. The number of hydrogen-bond acceptors (Lipinski definition) is 3. The Hall–Kier alpha value is -1.39. The molecule has 1 aromatic rings. The highest BCUT2D eigenvalue weighted by Crippen LogP contribution is 2.35. The number of hydrogen-bond donors (Lipinski definition) is 2. The number of carboxylic acid groups (broad SMARTS) is 1. The lowest BCUT2D eigenvalue weighted by Crippen LogP contribution is -2.51. The van der Waals surface area contributed by atoms with Gasteiger partial charge >= 0.3 is 5.97 Å². The first-order valence-electron chi connectivity index (χ1n) is 7.63. The lowest BCUT2D eigenvalue weighted by molar-refractivity contribution is -0.154. The molecule has 2 unspecified atom stereocenters. The number of piperidine rings is 1. The molecule has 1 aliphatic rings. The maximum atomic E-state index is 11.6. The summed E-state index contributed by atoms with van der Waals surface area (Å²) < 4.78 is 0. The predicted molar refractivity (Wildman–Crippen MR) is 82.0 cm³/mol. The lowest BCUT2D eigenvalue weighted by atomic mass is 9.77. The molecule has 4 heteroatoms. The Morgan fingerprint density at radius 2 is 2.05 bits per heavy atom. The van der Waals surface area contributed by atoms with E-state index in [1.165, 1.54) is 0 Å². The topological polar surface area (TPSA) is 60.8 Å². The molecule has 116 valence electrons. The Morgan fingerprint density at radius 1 is 1.38 bits per heavy atom. The lowest BCUT2D eigenvalue weighted by Gasteiger charge is -2.42. The van der Waals surface area contributed by atoms with Crippen LogP contribution in [0.2, 0.25) is 0 Å². The molecule has 0 saturated carbocycles. The molecule has 0 radical (unpaired) electrons. The van der Waals surface area contributed by atoms with Gasteiger partial charge < -0.3 is 10.2 Å². The highest BCUT2D eigenvalue weighted by atomic mass is 16.4.